The lowest BCUT2D eigenvalue weighted by Crippen LogP contribution is -1.96. The van der Waals surface area contributed by atoms with Crippen molar-refractivity contribution >= 4 is 45.0 Å². The van der Waals surface area contributed by atoms with Crippen molar-refractivity contribution in [3.8, 4) is 17.1 Å². The Morgan fingerprint density at radius 3 is 2.48 bits per heavy atom. The summed E-state index contributed by atoms with van der Waals surface area (Å²) in [5, 5.41) is 2.73. The molecule has 3 rings (SSSR count). The third kappa shape index (κ3) is 2.82. The average Bonchev–Trinajstić information content (AvgIpc) is 2.51. The highest BCUT2D eigenvalue weighted by Gasteiger charge is 2.09. The summed E-state index contributed by atoms with van der Waals surface area (Å²) in [7, 11) is 1.67. The van der Waals surface area contributed by atoms with Gasteiger partial charge in [0.15, 0.2) is 5.82 Å². The first-order valence-electron chi connectivity index (χ1n) is 6.36. The smallest absolute Gasteiger partial charge is 0.161 e. The molecule has 3 nitrogen and oxygen atoms in total. The molecule has 5 heteroatoms. The molecular formula is C16H12ClIN2O. The van der Waals surface area contributed by atoms with Crippen LogP contribution in [-0.4, -0.2) is 17.1 Å². The Labute approximate surface area is 141 Å². The van der Waals surface area contributed by atoms with Gasteiger partial charge in [0, 0.05) is 5.56 Å². The summed E-state index contributed by atoms with van der Waals surface area (Å²) in [6.45, 7) is 1.94. The van der Waals surface area contributed by atoms with Gasteiger partial charge in [-0.15, -0.1) is 0 Å². The molecule has 0 radical (unpaired) electrons. The van der Waals surface area contributed by atoms with E-state index in [-0.39, 0.29) is 0 Å². The van der Waals surface area contributed by atoms with Crippen molar-refractivity contribution in [2.75, 3.05) is 7.11 Å². The van der Waals surface area contributed by atoms with Crippen LogP contribution in [0.4, 0.5) is 0 Å². The molecule has 106 valence electrons. The first-order valence-corrected chi connectivity index (χ1v) is 7.82. The van der Waals surface area contributed by atoms with Crippen LogP contribution in [0.1, 0.15) is 5.69 Å². The molecule has 2 aromatic carbocycles. The van der Waals surface area contributed by atoms with E-state index in [2.05, 4.69) is 38.6 Å². The van der Waals surface area contributed by atoms with Gasteiger partial charge in [-0.2, -0.15) is 0 Å². The quantitative estimate of drug-likeness (QED) is 0.446. The molecule has 3 aromatic rings. The number of aryl methyl sites for hydroxylation is 1. The Morgan fingerprint density at radius 2 is 1.76 bits per heavy atom. The average molecular weight is 411 g/mol. The summed E-state index contributed by atoms with van der Waals surface area (Å²) in [4.78, 5) is 8.88. The van der Waals surface area contributed by atoms with Crippen LogP contribution in [-0.2, 0) is 0 Å². The molecule has 0 aliphatic carbocycles. The first kappa shape index (κ1) is 14.5. The Hall–Kier alpha value is -1.40. The minimum Gasteiger partial charge on any atom is -0.497 e. The van der Waals surface area contributed by atoms with Gasteiger partial charge in [0.25, 0.3) is 0 Å². The minimum absolute atomic E-state index is 0.493. The van der Waals surface area contributed by atoms with Crippen molar-refractivity contribution in [2.45, 2.75) is 6.92 Å². The van der Waals surface area contributed by atoms with Gasteiger partial charge >= 0.3 is 0 Å². The van der Waals surface area contributed by atoms with Crippen molar-refractivity contribution < 1.29 is 4.74 Å². The number of methoxy groups -OCH3 is 1. The third-order valence-corrected chi connectivity index (χ3v) is 5.17. The fourth-order valence-corrected chi connectivity index (χ4v) is 2.60. The van der Waals surface area contributed by atoms with Crippen LogP contribution in [0.3, 0.4) is 0 Å². The summed E-state index contributed by atoms with van der Waals surface area (Å²) in [6.07, 6.45) is 0. The van der Waals surface area contributed by atoms with Gasteiger partial charge in [-0.3, -0.25) is 0 Å². The Balaban J connectivity index is 2.13. The highest BCUT2D eigenvalue weighted by Crippen LogP contribution is 2.27. The molecule has 0 fully saturated rings. The fraction of sp³-hybridized carbons (Fsp3) is 0.125. The van der Waals surface area contributed by atoms with E-state index in [0.717, 1.165) is 31.3 Å². The number of halogens is 2. The molecule has 0 unspecified atom stereocenters. The van der Waals surface area contributed by atoms with Gasteiger partial charge in [0.2, 0.25) is 0 Å². The highest BCUT2D eigenvalue weighted by atomic mass is 127. The van der Waals surface area contributed by atoms with E-state index in [4.69, 9.17) is 16.3 Å². The predicted molar refractivity (Wildman–Crippen MR) is 94.0 cm³/mol. The number of fused-ring (bicyclic) bond motifs is 1. The molecule has 0 bridgehead atoms. The van der Waals surface area contributed by atoms with Crippen molar-refractivity contribution in [2.24, 2.45) is 0 Å². The fourth-order valence-electron chi connectivity index (χ4n) is 2.14. The summed E-state index contributed by atoms with van der Waals surface area (Å²) in [5.41, 5.74) is 1.84. The maximum Gasteiger partial charge on any atom is 0.161 e. The summed E-state index contributed by atoms with van der Waals surface area (Å²) in [5.74, 6) is 1.50. The second-order valence-electron chi connectivity index (χ2n) is 4.67. The monoisotopic (exact) mass is 410 g/mol. The third-order valence-electron chi connectivity index (χ3n) is 3.28. The van der Waals surface area contributed by atoms with E-state index in [1.807, 2.05) is 37.3 Å². The van der Waals surface area contributed by atoms with Gasteiger partial charge in [-0.1, -0.05) is 29.8 Å². The standard InChI is InChI=1S/C16H12ClIN2O/c1-9-14(18)15(17)20-16(19-9)12-4-3-11-8-13(21-2)6-5-10(11)7-12/h3-8H,1-2H3. The zero-order valence-corrected chi connectivity index (χ0v) is 14.4. The van der Waals surface area contributed by atoms with E-state index in [1.165, 1.54) is 0 Å². The van der Waals surface area contributed by atoms with Gasteiger partial charge in [0.05, 0.1) is 16.4 Å². The van der Waals surface area contributed by atoms with Crippen molar-refractivity contribution in [3.05, 3.63) is 50.8 Å². The number of aromatic nitrogens is 2. The van der Waals surface area contributed by atoms with Crippen LogP contribution < -0.4 is 4.74 Å². The topological polar surface area (TPSA) is 35.0 Å². The van der Waals surface area contributed by atoms with E-state index in [1.54, 1.807) is 7.11 Å². The lowest BCUT2D eigenvalue weighted by atomic mass is 10.1. The van der Waals surface area contributed by atoms with Crippen LogP contribution in [0.2, 0.25) is 5.15 Å². The SMILES string of the molecule is COc1ccc2cc(-c3nc(C)c(I)c(Cl)n3)ccc2c1. The van der Waals surface area contributed by atoms with Crippen molar-refractivity contribution in [1.82, 2.24) is 9.97 Å². The normalized spacial score (nSPS) is 10.9. The van der Waals surface area contributed by atoms with E-state index in [9.17, 15) is 0 Å². The van der Waals surface area contributed by atoms with Crippen LogP contribution >= 0.6 is 34.2 Å². The molecule has 0 aliphatic rings. The molecule has 0 atom stereocenters. The highest BCUT2D eigenvalue weighted by molar-refractivity contribution is 14.1. The summed E-state index contributed by atoms with van der Waals surface area (Å²) >= 11 is 8.31. The van der Waals surface area contributed by atoms with Gasteiger partial charge in [-0.05, 0) is 58.5 Å². The Kier molecular flexibility index (Phi) is 3.99. The molecule has 21 heavy (non-hydrogen) atoms. The zero-order chi connectivity index (χ0) is 15.0. The number of ether oxygens (including phenoxy) is 1. The largest absolute Gasteiger partial charge is 0.497 e. The molecule has 0 aliphatic heterocycles. The Morgan fingerprint density at radius 1 is 1.05 bits per heavy atom. The van der Waals surface area contributed by atoms with E-state index >= 15 is 0 Å². The molecule has 0 N–H and O–H groups in total. The number of benzene rings is 2. The van der Waals surface area contributed by atoms with Gasteiger partial charge in [-0.25, -0.2) is 9.97 Å². The maximum atomic E-state index is 6.15. The second kappa shape index (κ2) is 5.77. The summed E-state index contributed by atoms with van der Waals surface area (Å²) < 4.78 is 6.13. The number of hydrogen-bond acceptors (Lipinski definition) is 3. The van der Waals surface area contributed by atoms with Crippen LogP contribution in [0, 0.1) is 10.5 Å². The van der Waals surface area contributed by atoms with Crippen LogP contribution in [0.5, 0.6) is 5.75 Å². The lowest BCUT2D eigenvalue weighted by molar-refractivity contribution is 0.415. The first-order chi connectivity index (χ1) is 10.1. The summed E-state index contributed by atoms with van der Waals surface area (Å²) in [6, 6.07) is 12.1. The van der Waals surface area contributed by atoms with Crippen LogP contribution in [0.25, 0.3) is 22.2 Å². The molecule has 1 heterocycles. The molecule has 0 saturated heterocycles. The van der Waals surface area contributed by atoms with Gasteiger partial charge < -0.3 is 4.74 Å². The number of hydrogen-bond donors (Lipinski definition) is 0. The van der Waals surface area contributed by atoms with Gasteiger partial charge in [0.1, 0.15) is 10.9 Å². The minimum atomic E-state index is 0.493. The van der Waals surface area contributed by atoms with Crippen molar-refractivity contribution in [1.29, 1.82) is 0 Å². The molecular weight excluding hydrogens is 399 g/mol. The molecule has 1 aromatic heterocycles. The maximum absolute atomic E-state index is 6.15. The number of nitrogens with zero attached hydrogens (tertiary/aromatic N) is 2. The lowest BCUT2D eigenvalue weighted by Gasteiger charge is -2.07. The number of rotatable bonds is 2. The van der Waals surface area contributed by atoms with Crippen LogP contribution in [0.15, 0.2) is 36.4 Å². The molecule has 0 spiro atoms. The second-order valence-corrected chi connectivity index (χ2v) is 6.10. The van der Waals surface area contributed by atoms with E-state index in [0.29, 0.717) is 11.0 Å². The molecule has 0 saturated carbocycles. The van der Waals surface area contributed by atoms with E-state index < -0.39 is 0 Å². The van der Waals surface area contributed by atoms with Crippen molar-refractivity contribution in [3.63, 3.8) is 0 Å². The molecule has 0 amide bonds. The zero-order valence-electron chi connectivity index (χ0n) is 11.5. The predicted octanol–water partition coefficient (Wildman–Crippen LogP) is 4.87. The Bertz CT molecular complexity index is 813.